The number of amides is 1. The number of rotatable bonds is 4. The predicted octanol–water partition coefficient (Wildman–Crippen LogP) is 3.88. The van der Waals surface area contributed by atoms with Crippen LogP contribution in [0.15, 0.2) is 29.1 Å². The van der Waals surface area contributed by atoms with Crippen molar-refractivity contribution >= 4 is 33.3 Å². The van der Waals surface area contributed by atoms with E-state index >= 15 is 0 Å². The SMILES string of the molecule is CCn1c(=O)c(C(=O)Nc2nnc(C3CCCCC3)s2)c(O)c2ccccc21. The summed E-state index contributed by atoms with van der Waals surface area (Å²) in [6.45, 7) is 2.22. The third kappa shape index (κ3) is 3.28. The largest absolute Gasteiger partial charge is 0.506 e. The molecule has 0 radical (unpaired) electrons. The van der Waals surface area contributed by atoms with Crippen LogP contribution in [0.3, 0.4) is 0 Å². The van der Waals surface area contributed by atoms with Crippen molar-refractivity contribution in [1.29, 1.82) is 0 Å². The molecule has 8 heteroatoms. The lowest BCUT2D eigenvalue weighted by atomic mass is 9.90. The predicted molar refractivity (Wildman–Crippen MR) is 109 cm³/mol. The first-order chi connectivity index (χ1) is 13.6. The van der Waals surface area contributed by atoms with E-state index in [4.69, 9.17) is 0 Å². The molecule has 1 amide bonds. The number of nitrogens with zero attached hydrogens (tertiary/aromatic N) is 3. The molecule has 0 atom stereocenters. The Morgan fingerprint density at radius 3 is 2.75 bits per heavy atom. The van der Waals surface area contributed by atoms with E-state index in [9.17, 15) is 14.7 Å². The molecule has 1 saturated carbocycles. The fourth-order valence-corrected chi connectivity index (χ4v) is 4.77. The lowest BCUT2D eigenvalue weighted by Crippen LogP contribution is -2.29. The van der Waals surface area contributed by atoms with Crippen molar-refractivity contribution in [3.8, 4) is 5.75 Å². The van der Waals surface area contributed by atoms with Gasteiger partial charge < -0.3 is 9.67 Å². The lowest BCUT2D eigenvalue weighted by molar-refractivity contribution is 0.102. The van der Waals surface area contributed by atoms with Crippen LogP contribution in [-0.2, 0) is 6.54 Å². The maximum atomic E-state index is 12.8. The maximum Gasteiger partial charge on any atom is 0.267 e. The molecule has 3 aromatic rings. The van der Waals surface area contributed by atoms with Gasteiger partial charge in [0.1, 0.15) is 16.3 Å². The van der Waals surface area contributed by atoms with Crippen molar-refractivity contribution in [1.82, 2.24) is 14.8 Å². The molecule has 2 heterocycles. The number of para-hydroxylation sites is 1. The highest BCUT2D eigenvalue weighted by molar-refractivity contribution is 7.15. The minimum Gasteiger partial charge on any atom is -0.506 e. The minimum atomic E-state index is -0.665. The molecular weight excluding hydrogens is 376 g/mol. The monoisotopic (exact) mass is 398 g/mol. The zero-order valence-corrected chi connectivity index (χ0v) is 16.5. The van der Waals surface area contributed by atoms with E-state index in [1.54, 1.807) is 24.3 Å². The number of benzene rings is 1. The Hall–Kier alpha value is -2.74. The molecule has 0 aliphatic heterocycles. The molecule has 1 aromatic carbocycles. The first-order valence-corrected chi connectivity index (χ1v) is 10.4. The molecular formula is C20H22N4O3S. The summed E-state index contributed by atoms with van der Waals surface area (Å²) in [4.78, 5) is 25.6. The lowest BCUT2D eigenvalue weighted by Gasteiger charge is -2.18. The molecule has 0 unspecified atom stereocenters. The van der Waals surface area contributed by atoms with Crippen LogP contribution in [0.1, 0.15) is 60.3 Å². The molecule has 0 spiro atoms. The van der Waals surface area contributed by atoms with Crippen molar-refractivity contribution in [2.45, 2.75) is 51.5 Å². The molecule has 4 rings (SSSR count). The van der Waals surface area contributed by atoms with Gasteiger partial charge in [0.2, 0.25) is 5.13 Å². The van der Waals surface area contributed by atoms with Crippen LogP contribution in [0, 0.1) is 0 Å². The average Bonchev–Trinajstić information content (AvgIpc) is 3.17. The van der Waals surface area contributed by atoms with E-state index < -0.39 is 11.5 Å². The summed E-state index contributed by atoms with van der Waals surface area (Å²) in [6, 6.07) is 7.00. The van der Waals surface area contributed by atoms with E-state index in [1.165, 1.54) is 35.2 Å². The molecule has 1 fully saturated rings. The van der Waals surface area contributed by atoms with Crippen LogP contribution in [-0.4, -0.2) is 25.8 Å². The molecule has 146 valence electrons. The summed E-state index contributed by atoms with van der Waals surface area (Å²) in [5.74, 6) is -0.579. The van der Waals surface area contributed by atoms with Gasteiger partial charge in [0.05, 0.1) is 5.52 Å². The summed E-state index contributed by atoms with van der Waals surface area (Å²) in [6.07, 6.45) is 5.81. The van der Waals surface area contributed by atoms with Crippen LogP contribution in [0.4, 0.5) is 5.13 Å². The Balaban J connectivity index is 1.66. The van der Waals surface area contributed by atoms with Crippen molar-refractivity contribution < 1.29 is 9.90 Å². The second-order valence-electron chi connectivity index (χ2n) is 7.02. The summed E-state index contributed by atoms with van der Waals surface area (Å²) in [7, 11) is 0. The van der Waals surface area contributed by atoms with Crippen LogP contribution < -0.4 is 10.9 Å². The normalized spacial score (nSPS) is 15.0. The van der Waals surface area contributed by atoms with Crippen molar-refractivity contribution in [3.05, 3.63) is 45.2 Å². The number of hydrogen-bond acceptors (Lipinski definition) is 6. The van der Waals surface area contributed by atoms with Crippen molar-refractivity contribution in [2.24, 2.45) is 0 Å². The number of carbonyl (C=O) groups is 1. The third-order valence-electron chi connectivity index (χ3n) is 5.30. The molecule has 2 aromatic heterocycles. The van der Waals surface area contributed by atoms with Crippen LogP contribution in [0.5, 0.6) is 5.75 Å². The van der Waals surface area contributed by atoms with Crippen molar-refractivity contribution in [2.75, 3.05) is 5.32 Å². The van der Waals surface area contributed by atoms with E-state index in [0.717, 1.165) is 17.8 Å². The van der Waals surface area contributed by atoms with Gasteiger partial charge in [-0.2, -0.15) is 0 Å². The molecule has 2 N–H and O–H groups in total. The smallest absolute Gasteiger partial charge is 0.267 e. The number of pyridine rings is 1. The van der Waals surface area contributed by atoms with Gasteiger partial charge in [0.25, 0.3) is 11.5 Å². The first-order valence-electron chi connectivity index (χ1n) is 9.59. The van der Waals surface area contributed by atoms with Gasteiger partial charge in [-0.15, -0.1) is 10.2 Å². The first kappa shape index (κ1) is 18.6. The van der Waals surface area contributed by atoms with Crippen molar-refractivity contribution in [3.63, 3.8) is 0 Å². The number of aryl methyl sites for hydroxylation is 1. The van der Waals surface area contributed by atoms with E-state index in [-0.39, 0.29) is 11.3 Å². The Kier molecular flexibility index (Phi) is 5.13. The fraction of sp³-hybridized carbons (Fsp3) is 0.400. The second kappa shape index (κ2) is 7.71. The molecule has 1 aliphatic carbocycles. The highest BCUT2D eigenvalue weighted by Crippen LogP contribution is 2.35. The molecule has 28 heavy (non-hydrogen) atoms. The maximum absolute atomic E-state index is 12.8. The van der Waals surface area contributed by atoms with Gasteiger partial charge in [-0.25, -0.2) is 0 Å². The number of nitrogens with one attached hydrogen (secondary N) is 1. The number of aromatic hydroxyl groups is 1. The Morgan fingerprint density at radius 1 is 1.25 bits per heavy atom. The number of carbonyl (C=O) groups excluding carboxylic acids is 1. The van der Waals surface area contributed by atoms with Gasteiger partial charge >= 0.3 is 0 Å². The number of hydrogen-bond donors (Lipinski definition) is 2. The zero-order chi connectivity index (χ0) is 19.7. The van der Waals surface area contributed by atoms with Crippen LogP contribution >= 0.6 is 11.3 Å². The zero-order valence-electron chi connectivity index (χ0n) is 15.6. The van der Waals surface area contributed by atoms with E-state index in [0.29, 0.717) is 28.5 Å². The summed E-state index contributed by atoms with van der Waals surface area (Å²) >= 11 is 1.34. The quantitative estimate of drug-likeness (QED) is 0.695. The summed E-state index contributed by atoms with van der Waals surface area (Å²) < 4.78 is 1.48. The van der Waals surface area contributed by atoms with Gasteiger partial charge in [0.15, 0.2) is 0 Å². The second-order valence-corrected chi connectivity index (χ2v) is 8.03. The van der Waals surface area contributed by atoms with Gasteiger partial charge in [-0.3, -0.25) is 14.9 Å². The Morgan fingerprint density at radius 2 is 2.00 bits per heavy atom. The van der Waals surface area contributed by atoms with Crippen LogP contribution in [0.2, 0.25) is 0 Å². The van der Waals surface area contributed by atoms with Gasteiger partial charge in [0, 0.05) is 17.8 Å². The highest BCUT2D eigenvalue weighted by atomic mass is 32.1. The van der Waals surface area contributed by atoms with Gasteiger partial charge in [-0.1, -0.05) is 42.7 Å². The molecule has 0 saturated heterocycles. The average molecular weight is 398 g/mol. The number of aromatic nitrogens is 3. The van der Waals surface area contributed by atoms with Gasteiger partial charge in [-0.05, 0) is 31.9 Å². The summed E-state index contributed by atoms with van der Waals surface area (Å²) in [5.41, 5.74) is -0.192. The highest BCUT2D eigenvalue weighted by Gasteiger charge is 2.24. The van der Waals surface area contributed by atoms with E-state index in [1.807, 2.05) is 6.92 Å². The molecule has 7 nitrogen and oxygen atoms in total. The number of anilines is 1. The van der Waals surface area contributed by atoms with Crippen LogP contribution in [0.25, 0.3) is 10.9 Å². The Bertz CT molecular complexity index is 1080. The standard InChI is InChI=1S/C20H22N4O3S/c1-2-24-14-11-7-6-10-13(14)16(25)15(19(24)27)17(26)21-20-23-22-18(28-20)12-8-4-3-5-9-12/h6-7,10-12,25H,2-5,8-9H2,1H3,(H,21,23,26). The Labute approximate surface area is 166 Å². The minimum absolute atomic E-state index is 0.269. The van der Waals surface area contributed by atoms with E-state index in [2.05, 4.69) is 15.5 Å². The molecule has 1 aliphatic rings. The topological polar surface area (TPSA) is 97.1 Å². The third-order valence-corrected chi connectivity index (χ3v) is 6.31. The molecule has 0 bridgehead atoms. The number of fused-ring (bicyclic) bond motifs is 1. The summed E-state index contributed by atoms with van der Waals surface area (Å²) in [5, 5.41) is 23.3. The fourth-order valence-electron chi connectivity index (χ4n) is 3.87.